The maximum atomic E-state index is 12.6. The highest BCUT2D eigenvalue weighted by atomic mass is 32.2. The number of nitro benzene ring substituents is 1. The summed E-state index contributed by atoms with van der Waals surface area (Å²) in [5.41, 5.74) is 1.85. The third-order valence-corrected chi connectivity index (χ3v) is 5.61. The van der Waals surface area contributed by atoms with Gasteiger partial charge in [0.1, 0.15) is 5.75 Å². The minimum atomic E-state index is -0.530. The van der Waals surface area contributed by atoms with E-state index in [1.54, 1.807) is 0 Å². The van der Waals surface area contributed by atoms with E-state index in [4.69, 9.17) is 4.74 Å². The van der Waals surface area contributed by atoms with Crippen LogP contribution in [0.1, 0.15) is 0 Å². The summed E-state index contributed by atoms with van der Waals surface area (Å²) in [4.78, 5) is 23.2. The molecular formula is C23H19N5O4S. The monoisotopic (exact) mass is 461 g/mol. The van der Waals surface area contributed by atoms with Crippen molar-refractivity contribution in [3.05, 3.63) is 89.0 Å². The molecule has 1 heterocycles. The van der Waals surface area contributed by atoms with Crippen molar-refractivity contribution in [2.45, 2.75) is 5.16 Å². The van der Waals surface area contributed by atoms with Crippen LogP contribution < -0.4 is 10.1 Å². The van der Waals surface area contributed by atoms with E-state index >= 15 is 0 Å². The van der Waals surface area contributed by atoms with E-state index in [-0.39, 0.29) is 23.0 Å². The van der Waals surface area contributed by atoms with Gasteiger partial charge in [-0.1, -0.05) is 60.3 Å². The van der Waals surface area contributed by atoms with E-state index in [0.29, 0.717) is 16.7 Å². The fraction of sp³-hybridized carbons (Fsp3) is 0.0870. The number of benzene rings is 3. The lowest BCUT2D eigenvalue weighted by Gasteiger charge is -2.11. The van der Waals surface area contributed by atoms with Gasteiger partial charge < -0.3 is 10.1 Å². The van der Waals surface area contributed by atoms with Crippen molar-refractivity contribution in [1.82, 2.24) is 14.8 Å². The summed E-state index contributed by atoms with van der Waals surface area (Å²) in [6, 6.07) is 23.3. The number of hydrogen-bond acceptors (Lipinski definition) is 7. The molecule has 0 aliphatic rings. The quantitative estimate of drug-likeness (QED) is 0.232. The first-order valence-corrected chi connectivity index (χ1v) is 10.9. The van der Waals surface area contributed by atoms with Gasteiger partial charge in [-0.2, -0.15) is 0 Å². The zero-order valence-corrected chi connectivity index (χ0v) is 18.4. The maximum Gasteiger partial charge on any atom is 0.271 e. The highest BCUT2D eigenvalue weighted by molar-refractivity contribution is 7.99. The van der Waals surface area contributed by atoms with Crippen molar-refractivity contribution in [3.63, 3.8) is 0 Å². The number of non-ortho nitro benzene ring substituents is 1. The molecule has 0 fully saturated rings. The smallest absolute Gasteiger partial charge is 0.271 e. The molecule has 0 radical (unpaired) electrons. The first-order chi connectivity index (χ1) is 16.1. The molecule has 3 aromatic carbocycles. The van der Waals surface area contributed by atoms with Gasteiger partial charge in [0.15, 0.2) is 11.0 Å². The molecule has 0 atom stereocenters. The number of rotatable bonds is 8. The maximum absolute atomic E-state index is 12.6. The molecule has 1 aromatic heterocycles. The highest BCUT2D eigenvalue weighted by Gasteiger charge is 2.18. The lowest BCUT2D eigenvalue weighted by atomic mass is 10.2. The molecule has 1 amide bonds. The van der Waals surface area contributed by atoms with Crippen molar-refractivity contribution < 1.29 is 14.5 Å². The third-order valence-electron chi connectivity index (χ3n) is 4.68. The van der Waals surface area contributed by atoms with Gasteiger partial charge in [0.25, 0.3) is 5.69 Å². The summed E-state index contributed by atoms with van der Waals surface area (Å²) >= 11 is 1.21. The Morgan fingerprint density at radius 1 is 1.06 bits per heavy atom. The third kappa shape index (κ3) is 5.01. The summed E-state index contributed by atoms with van der Waals surface area (Å²) < 4.78 is 7.09. The number of nitrogens with one attached hydrogen (secondary N) is 1. The predicted octanol–water partition coefficient (Wildman–Crippen LogP) is 4.58. The largest absolute Gasteiger partial charge is 0.495 e. The number of carbonyl (C=O) groups is 1. The number of nitro groups is 1. The fourth-order valence-electron chi connectivity index (χ4n) is 3.17. The van der Waals surface area contributed by atoms with E-state index in [9.17, 15) is 14.9 Å². The van der Waals surface area contributed by atoms with Crippen LogP contribution in [-0.4, -0.2) is 38.5 Å². The molecule has 4 rings (SSSR count). The van der Waals surface area contributed by atoms with Gasteiger partial charge in [-0.3, -0.25) is 19.5 Å². The topological polar surface area (TPSA) is 112 Å². The van der Waals surface area contributed by atoms with Gasteiger partial charge in [-0.05, 0) is 18.2 Å². The summed E-state index contributed by atoms with van der Waals surface area (Å²) in [7, 11) is 1.43. The number of ether oxygens (including phenoxy) is 1. The Morgan fingerprint density at radius 2 is 1.76 bits per heavy atom. The number of aromatic nitrogens is 3. The highest BCUT2D eigenvalue weighted by Crippen LogP contribution is 2.30. The molecule has 1 N–H and O–H groups in total. The SMILES string of the molecule is COc1ccc([N+](=O)[O-])cc1NC(=O)CSc1nnc(-c2ccccc2)n1-c1ccccc1. The van der Waals surface area contributed by atoms with E-state index in [1.807, 2.05) is 65.2 Å². The Labute approximate surface area is 193 Å². The average Bonchev–Trinajstić information content (AvgIpc) is 3.28. The van der Waals surface area contributed by atoms with Crippen LogP contribution in [-0.2, 0) is 4.79 Å². The van der Waals surface area contributed by atoms with Crippen LogP contribution in [0.2, 0.25) is 0 Å². The number of nitrogens with zero attached hydrogens (tertiary/aromatic N) is 4. The minimum absolute atomic E-state index is 0.0194. The van der Waals surface area contributed by atoms with Crippen LogP contribution >= 0.6 is 11.8 Å². The molecule has 0 saturated carbocycles. The Hall–Kier alpha value is -4.18. The van der Waals surface area contributed by atoms with E-state index in [2.05, 4.69) is 15.5 Å². The minimum Gasteiger partial charge on any atom is -0.495 e. The first-order valence-electron chi connectivity index (χ1n) is 9.88. The average molecular weight is 462 g/mol. The normalized spacial score (nSPS) is 10.6. The van der Waals surface area contributed by atoms with Crippen molar-refractivity contribution in [3.8, 4) is 22.8 Å². The van der Waals surface area contributed by atoms with Gasteiger partial charge in [-0.25, -0.2) is 0 Å². The lowest BCUT2D eigenvalue weighted by Crippen LogP contribution is -2.15. The molecule has 10 heteroatoms. The van der Waals surface area contributed by atoms with Crippen LogP contribution in [0, 0.1) is 10.1 Å². The molecule has 0 unspecified atom stereocenters. The van der Waals surface area contributed by atoms with Gasteiger partial charge in [0, 0.05) is 23.4 Å². The summed E-state index contributed by atoms with van der Waals surface area (Å²) in [6.45, 7) is 0. The number of para-hydroxylation sites is 1. The predicted molar refractivity (Wildman–Crippen MR) is 126 cm³/mol. The Balaban J connectivity index is 1.57. The molecule has 33 heavy (non-hydrogen) atoms. The van der Waals surface area contributed by atoms with Crippen LogP contribution in [0.4, 0.5) is 11.4 Å². The van der Waals surface area contributed by atoms with Crippen molar-refractivity contribution in [2.24, 2.45) is 0 Å². The molecule has 166 valence electrons. The number of hydrogen-bond donors (Lipinski definition) is 1. The standard InChI is InChI=1S/C23H19N5O4S/c1-32-20-13-12-18(28(30)31)14-19(20)24-21(29)15-33-23-26-25-22(16-8-4-2-5-9-16)27(23)17-10-6-3-7-11-17/h2-14H,15H2,1H3,(H,24,29). The summed E-state index contributed by atoms with van der Waals surface area (Å²) in [5, 5.41) is 22.9. The number of thioether (sulfide) groups is 1. The molecular weight excluding hydrogens is 442 g/mol. The van der Waals surface area contributed by atoms with Crippen LogP contribution in [0.15, 0.2) is 84.0 Å². The Morgan fingerprint density at radius 3 is 2.42 bits per heavy atom. The van der Waals surface area contributed by atoms with E-state index in [1.165, 1.54) is 37.1 Å². The Bertz CT molecular complexity index is 1280. The first kappa shape index (κ1) is 22.0. The van der Waals surface area contributed by atoms with Crippen LogP contribution in [0.3, 0.4) is 0 Å². The molecule has 9 nitrogen and oxygen atoms in total. The van der Waals surface area contributed by atoms with Crippen LogP contribution in [0.5, 0.6) is 5.75 Å². The van der Waals surface area contributed by atoms with Crippen LogP contribution in [0.25, 0.3) is 17.1 Å². The second-order valence-electron chi connectivity index (χ2n) is 6.82. The zero-order valence-electron chi connectivity index (χ0n) is 17.5. The van der Waals surface area contributed by atoms with Gasteiger partial charge in [-0.15, -0.1) is 10.2 Å². The molecule has 0 bridgehead atoms. The number of methoxy groups -OCH3 is 1. The van der Waals surface area contributed by atoms with Gasteiger partial charge in [0.05, 0.1) is 23.5 Å². The van der Waals surface area contributed by atoms with E-state index in [0.717, 1.165) is 11.3 Å². The van der Waals surface area contributed by atoms with Crippen molar-refractivity contribution in [1.29, 1.82) is 0 Å². The van der Waals surface area contributed by atoms with Crippen molar-refractivity contribution in [2.75, 3.05) is 18.2 Å². The van der Waals surface area contributed by atoms with E-state index < -0.39 is 4.92 Å². The second-order valence-corrected chi connectivity index (χ2v) is 7.76. The summed E-state index contributed by atoms with van der Waals surface area (Å²) in [5.74, 6) is 0.650. The number of amides is 1. The van der Waals surface area contributed by atoms with Crippen molar-refractivity contribution >= 4 is 29.0 Å². The fourth-order valence-corrected chi connectivity index (χ4v) is 3.92. The van der Waals surface area contributed by atoms with Gasteiger partial charge >= 0.3 is 0 Å². The number of carbonyl (C=O) groups excluding carboxylic acids is 1. The molecule has 0 aliphatic carbocycles. The van der Waals surface area contributed by atoms with Gasteiger partial charge in [0.2, 0.25) is 5.91 Å². The zero-order chi connectivity index (χ0) is 23.2. The Kier molecular flexibility index (Phi) is 6.65. The lowest BCUT2D eigenvalue weighted by molar-refractivity contribution is -0.384. The molecule has 0 aliphatic heterocycles. The molecule has 4 aromatic rings. The molecule has 0 spiro atoms. The second kappa shape index (κ2) is 9.96. The summed E-state index contributed by atoms with van der Waals surface area (Å²) in [6.07, 6.45) is 0. The molecule has 0 saturated heterocycles. The number of anilines is 1.